The van der Waals surface area contributed by atoms with E-state index in [2.05, 4.69) is 35.5 Å². The molecule has 2 saturated heterocycles. The number of anilines is 1. The van der Waals surface area contributed by atoms with E-state index in [-0.39, 0.29) is 34.2 Å². The lowest BCUT2D eigenvalue weighted by atomic mass is 10.0. The van der Waals surface area contributed by atoms with Crippen molar-refractivity contribution in [2.24, 2.45) is 5.18 Å². The Morgan fingerprint density at radius 2 is 2.14 bits per heavy atom. The lowest BCUT2D eigenvalue weighted by Gasteiger charge is -2.49. The molecule has 20 heteroatoms. The van der Waals surface area contributed by atoms with Gasteiger partial charge in [-0.2, -0.15) is 16.1 Å². The summed E-state index contributed by atoms with van der Waals surface area (Å²) in [5.41, 5.74) is 6.05. The normalized spacial score (nSPS) is 21.6. The highest BCUT2D eigenvalue weighted by molar-refractivity contribution is 8.06. The Morgan fingerprint density at radius 3 is 2.82 bits per heavy atom. The molecule has 3 unspecified atom stereocenters. The highest BCUT2D eigenvalue weighted by Crippen LogP contribution is 2.46. The summed E-state index contributed by atoms with van der Waals surface area (Å²) in [5.74, 6) is -2.01. The minimum atomic E-state index is -1.60. The van der Waals surface area contributed by atoms with Crippen molar-refractivity contribution >= 4 is 81.5 Å². The summed E-state index contributed by atoms with van der Waals surface area (Å²) in [6.45, 7) is 0.407. The smallest absolute Gasteiger partial charge is 0.353 e. The van der Waals surface area contributed by atoms with Gasteiger partial charge in [0.05, 0.1) is 5.69 Å². The molecule has 3 aliphatic heterocycles. The molecular formula is C24H25N9O7S4. The van der Waals surface area contributed by atoms with Gasteiger partial charge in [0, 0.05) is 57.8 Å². The molecule has 5 rings (SSSR count). The monoisotopic (exact) mass is 679 g/mol. The Kier molecular flexibility index (Phi) is 10.0. The molecule has 5 heterocycles. The average Bonchev–Trinajstić information content (AvgIpc) is 3.64. The molecular weight excluding hydrogens is 655 g/mol. The number of nitrogen functional groups attached to an aromatic ring is 1. The molecule has 44 heavy (non-hydrogen) atoms. The highest BCUT2D eigenvalue weighted by Gasteiger charge is 2.55. The number of hydrogen-bond acceptors (Lipinski definition) is 15. The molecule has 0 radical (unpaired) electrons. The van der Waals surface area contributed by atoms with Crippen molar-refractivity contribution < 1.29 is 29.1 Å². The summed E-state index contributed by atoms with van der Waals surface area (Å²) in [6.07, 6.45) is 2.46. The lowest BCUT2D eigenvalue weighted by molar-refractivity contribution is -0.150. The van der Waals surface area contributed by atoms with Gasteiger partial charge in [-0.05, 0) is 23.7 Å². The van der Waals surface area contributed by atoms with E-state index in [0.717, 1.165) is 21.3 Å². The van der Waals surface area contributed by atoms with Crippen LogP contribution in [0.25, 0.3) is 0 Å². The molecule has 2 fully saturated rings. The number of hydrogen-bond donors (Lipinski definition) is 5. The third-order valence-corrected chi connectivity index (χ3v) is 10.8. The Hall–Kier alpha value is -3.75. The zero-order valence-corrected chi connectivity index (χ0v) is 25.9. The Balaban J connectivity index is 1.19. The SMILES string of the molecule is Nc1nc(C(N=O)C(=O)NC2C(=O)N3C(C(=O)O)=C(Sc4cccnc4CSCCNC(=O)[C@@H]4CCC(=O)N4)CSC23)ns1. The van der Waals surface area contributed by atoms with Gasteiger partial charge in [0.25, 0.3) is 11.8 Å². The fourth-order valence-corrected chi connectivity index (χ4v) is 8.52. The summed E-state index contributed by atoms with van der Waals surface area (Å²) in [7, 11) is 0. The van der Waals surface area contributed by atoms with E-state index in [0.29, 0.717) is 41.5 Å². The highest BCUT2D eigenvalue weighted by atomic mass is 32.2. The molecule has 3 aliphatic rings. The second kappa shape index (κ2) is 13.9. The number of amides is 4. The molecule has 4 amide bonds. The fourth-order valence-electron chi connectivity index (χ4n) is 4.58. The number of carbonyl (C=O) groups is 5. The number of thioether (sulfide) groups is 3. The molecule has 6 N–H and O–H groups in total. The second-order valence-corrected chi connectivity index (χ2v) is 13.7. The van der Waals surface area contributed by atoms with Crippen LogP contribution in [0.4, 0.5) is 5.13 Å². The summed E-state index contributed by atoms with van der Waals surface area (Å²) >= 11 is 4.81. The summed E-state index contributed by atoms with van der Waals surface area (Å²) in [5, 5.41) is 20.1. The van der Waals surface area contributed by atoms with Gasteiger partial charge in [0.15, 0.2) is 11.0 Å². The Morgan fingerprint density at radius 1 is 1.32 bits per heavy atom. The van der Waals surface area contributed by atoms with E-state index in [9.17, 15) is 34.0 Å². The predicted octanol–water partition coefficient (Wildman–Crippen LogP) is 0.439. The number of rotatable bonds is 13. The van der Waals surface area contributed by atoms with Crippen molar-refractivity contribution in [1.82, 2.24) is 35.2 Å². The van der Waals surface area contributed by atoms with Crippen LogP contribution in [-0.4, -0.2) is 89.5 Å². The molecule has 16 nitrogen and oxygen atoms in total. The second-order valence-electron chi connectivity index (χ2n) is 9.52. The number of β-lactam (4-membered cyclic amide) rings is 1. The number of carbonyl (C=O) groups excluding carboxylic acids is 4. The zero-order valence-electron chi connectivity index (χ0n) is 22.6. The van der Waals surface area contributed by atoms with Crippen LogP contribution in [0.15, 0.2) is 39.0 Å². The van der Waals surface area contributed by atoms with Gasteiger partial charge in [0.1, 0.15) is 23.2 Å². The van der Waals surface area contributed by atoms with Crippen LogP contribution >= 0.6 is 46.8 Å². The average molecular weight is 680 g/mol. The number of nitrogens with zero attached hydrogens (tertiary/aromatic N) is 5. The van der Waals surface area contributed by atoms with Crippen molar-refractivity contribution in [3.05, 3.63) is 45.4 Å². The van der Waals surface area contributed by atoms with Crippen LogP contribution in [0.1, 0.15) is 30.4 Å². The van der Waals surface area contributed by atoms with Gasteiger partial charge >= 0.3 is 5.97 Å². The van der Waals surface area contributed by atoms with E-state index in [1.807, 2.05) is 6.07 Å². The minimum Gasteiger partial charge on any atom is -0.477 e. The molecule has 0 aliphatic carbocycles. The number of fused-ring (bicyclic) bond motifs is 1. The van der Waals surface area contributed by atoms with Crippen molar-refractivity contribution in [3.63, 3.8) is 0 Å². The lowest BCUT2D eigenvalue weighted by Crippen LogP contribution is -2.70. The van der Waals surface area contributed by atoms with Crippen LogP contribution in [0.5, 0.6) is 0 Å². The van der Waals surface area contributed by atoms with Gasteiger partial charge in [0.2, 0.25) is 17.9 Å². The first-order valence-electron chi connectivity index (χ1n) is 13.1. The quantitative estimate of drug-likeness (QED) is 0.110. The topological polar surface area (TPSA) is 239 Å². The number of nitrogens with one attached hydrogen (secondary N) is 3. The molecule has 0 spiro atoms. The van der Waals surface area contributed by atoms with Crippen molar-refractivity contribution in [2.45, 2.75) is 47.0 Å². The van der Waals surface area contributed by atoms with E-state index in [4.69, 9.17) is 5.73 Å². The number of aromatic nitrogens is 3. The van der Waals surface area contributed by atoms with E-state index < -0.39 is 41.3 Å². The predicted molar refractivity (Wildman–Crippen MR) is 163 cm³/mol. The van der Waals surface area contributed by atoms with Crippen LogP contribution in [0, 0.1) is 4.91 Å². The molecule has 232 valence electrons. The number of carboxylic acid groups (broad SMARTS) is 1. The first-order chi connectivity index (χ1) is 21.2. The maximum atomic E-state index is 13.1. The first kappa shape index (κ1) is 31.7. The number of aliphatic carboxylic acids is 1. The summed E-state index contributed by atoms with van der Waals surface area (Å²) in [6, 6.07) is 0.382. The molecule has 0 bridgehead atoms. The summed E-state index contributed by atoms with van der Waals surface area (Å²) in [4.78, 5) is 83.5. The van der Waals surface area contributed by atoms with Crippen molar-refractivity contribution in [1.29, 1.82) is 0 Å². The Bertz CT molecular complexity index is 1540. The third-order valence-electron chi connectivity index (χ3n) is 6.67. The van der Waals surface area contributed by atoms with Gasteiger partial charge in [-0.3, -0.25) is 29.1 Å². The Labute approximate surface area is 266 Å². The zero-order chi connectivity index (χ0) is 31.4. The maximum Gasteiger partial charge on any atom is 0.353 e. The molecule has 2 aromatic heterocycles. The van der Waals surface area contributed by atoms with Crippen molar-refractivity contribution in [3.8, 4) is 0 Å². The number of carboxylic acids is 1. The van der Waals surface area contributed by atoms with Gasteiger partial charge in [-0.1, -0.05) is 11.8 Å². The third kappa shape index (κ3) is 6.81. The van der Waals surface area contributed by atoms with Crippen LogP contribution in [0.2, 0.25) is 0 Å². The minimum absolute atomic E-state index is 0.0484. The standard InChI is InChI=1S/C24H25N9O7S4/c25-24-30-18(32-44-24)15(31-40)20(36)29-16-21(37)33-17(23(38)39)13(9-42-22(16)33)43-12-2-1-5-26-11(12)8-41-7-6-27-19(35)10-3-4-14(34)28-10/h1-2,5,10,15-16,22H,3-4,6-9H2,(H,27,35)(H,28,34)(H,29,36)(H,38,39)(H2,25,30,32)/t10-,15?,16?,22?/m0/s1. The molecule has 2 aromatic rings. The number of nitrogens with two attached hydrogens (primary N) is 1. The van der Waals surface area contributed by atoms with Crippen LogP contribution < -0.4 is 21.7 Å². The number of pyridine rings is 1. The fraction of sp³-hybridized carbons (Fsp3) is 0.417. The van der Waals surface area contributed by atoms with E-state index in [1.54, 1.807) is 12.3 Å². The maximum absolute atomic E-state index is 13.1. The largest absolute Gasteiger partial charge is 0.477 e. The number of nitroso groups, excluding NO2 is 1. The van der Waals surface area contributed by atoms with E-state index in [1.165, 1.54) is 35.3 Å². The first-order valence-corrected chi connectivity index (χ1v) is 16.9. The molecule has 4 atom stereocenters. The molecule has 0 aromatic carbocycles. The van der Waals surface area contributed by atoms with Crippen LogP contribution in [0.3, 0.4) is 0 Å². The van der Waals surface area contributed by atoms with E-state index >= 15 is 0 Å². The van der Waals surface area contributed by atoms with Crippen molar-refractivity contribution in [2.75, 3.05) is 23.8 Å². The summed E-state index contributed by atoms with van der Waals surface area (Å²) < 4.78 is 3.83. The molecule has 0 saturated carbocycles. The van der Waals surface area contributed by atoms with Crippen LogP contribution in [-0.2, 0) is 29.7 Å². The van der Waals surface area contributed by atoms with Gasteiger partial charge in [-0.15, -0.1) is 16.7 Å². The van der Waals surface area contributed by atoms with Gasteiger partial charge < -0.3 is 26.8 Å². The van der Waals surface area contributed by atoms with Gasteiger partial charge in [-0.25, -0.2) is 9.78 Å².